The minimum absolute atomic E-state index is 0.317. The lowest BCUT2D eigenvalue weighted by atomic mass is 9.88. The zero-order chi connectivity index (χ0) is 8.55. The van der Waals surface area contributed by atoms with Crippen molar-refractivity contribution in [1.29, 1.82) is 0 Å². The highest BCUT2D eigenvalue weighted by Gasteiger charge is 2.22. The van der Waals surface area contributed by atoms with Gasteiger partial charge in [-0.3, -0.25) is 4.79 Å². The summed E-state index contributed by atoms with van der Waals surface area (Å²) in [5, 5.41) is 3.26. The highest BCUT2D eigenvalue weighted by molar-refractivity contribution is 6.01. The van der Waals surface area contributed by atoms with Gasteiger partial charge < -0.3 is 5.32 Å². The Morgan fingerprint density at radius 3 is 3.00 bits per heavy atom. The molecule has 0 spiro atoms. The lowest BCUT2D eigenvalue weighted by Crippen LogP contribution is -2.26. The lowest BCUT2D eigenvalue weighted by Gasteiger charge is -2.24. The second kappa shape index (κ2) is 2.77. The molecule has 64 valence electrons. The molecule has 0 aromatic carbocycles. The summed E-state index contributed by atoms with van der Waals surface area (Å²) in [5.41, 5.74) is 3.30. The van der Waals surface area contributed by atoms with Crippen LogP contribution in [0, 0.1) is 0 Å². The number of carbonyl (C=O) groups is 1. The fraction of sp³-hybridized carbons (Fsp3) is 0.500. The molecule has 0 saturated carbocycles. The molecular formula is C10H13NO. The predicted octanol–water partition coefficient (Wildman–Crippen LogP) is 1.54. The summed E-state index contributed by atoms with van der Waals surface area (Å²) in [4.78, 5) is 11.5. The van der Waals surface area contributed by atoms with Gasteiger partial charge in [-0.2, -0.15) is 0 Å². The van der Waals surface area contributed by atoms with Crippen LogP contribution < -0.4 is 5.32 Å². The maximum atomic E-state index is 11.5. The lowest BCUT2D eigenvalue weighted by molar-refractivity contribution is -0.115. The molecule has 0 fully saturated rings. The molecule has 12 heavy (non-hydrogen) atoms. The van der Waals surface area contributed by atoms with Crippen molar-refractivity contribution in [3.63, 3.8) is 0 Å². The van der Waals surface area contributed by atoms with Gasteiger partial charge in [-0.25, -0.2) is 0 Å². The van der Waals surface area contributed by atoms with E-state index in [2.05, 4.69) is 11.4 Å². The number of allylic oxidation sites excluding steroid dienone is 3. The van der Waals surface area contributed by atoms with Crippen molar-refractivity contribution >= 4 is 5.78 Å². The Balaban J connectivity index is 2.42. The second-order valence-corrected chi connectivity index (χ2v) is 3.40. The van der Waals surface area contributed by atoms with Crippen LogP contribution in [0.5, 0.6) is 0 Å². The smallest absolute Gasteiger partial charge is 0.164 e. The quantitative estimate of drug-likeness (QED) is 0.587. The number of nitrogens with one attached hydrogen (secondary N) is 1. The summed E-state index contributed by atoms with van der Waals surface area (Å²) < 4.78 is 0. The number of dihydropyridines is 1. The SMILES string of the molecule is CC1=CCNC2=C1C(=O)CCC2. The van der Waals surface area contributed by atoms with Gasteiger partial charge in [0.2, 0.25) is 0 Å². The number of carbonyl (C=O) groups excluding carboxylic acids is 1. The molecule has 2 aliphatic rings. The topological polar surface area (TPSA) is 29.1 Å². The van der Waals surface area contributed by atoms with Crippen LogP contribution in [0.4, 0.5) is 0 Å². The summed E-state index contributed by atoms with van der Waals surface area (Å²) in [7, 11) is 0. The van der Waals surface area contributed by atoms with Crippen molar-refractivity contribution in [2.45, 2.75) is 26.2 Å². The van der Waals surface area contributed by atoms with Gasteiger partial charge in [0.05, 0.1) is 0 Å². The predicted molar refractivity (Wildman–Crippen MR) is 47.6 cm³/mol. The molecule has 0 bridgehead atoms. The zero-order valence-electron chi connectivity index (χ0n) is 7.31. The summed E-state index contributed by atoms with van der Waals surface area (Å²) in [6.45, 7) is 2.91. The first kappa shape index (κ1) is 7.59. The highest BCUT2D eigenvalue weighted by atomic mass is 16.1. The number of hydrogen-bond acceptors (Lipinski definition) is 2. The van der Waals surface area contributed by atoms with Crippen molar-refractivity contribution in [3.05, 3.63) is 22.9 Å². The molecule has 0 saturated heterocycles. The number of Topliss-reactive ketones (excluding diaryl/α,β-unsaturated/α-hetero) is 1. The van der Waals surface area contributed by atoms with Crippen LogP contribution in [0.15, 0.2) is 22.9 Å². The molecule has 0 amide bonds. The minimum Gasteiger partial charge on any atom is -0.384 e. The van der Waals surface area contributed by atoms with Crippen LogP contribution in [-0.4, -0.2) is 12.3 Å². The second-order valence-electron chi connectivity index (χ2n) is 3.40. The van der Waals surface area contributed by atoms with E-state index in [1.807, 2.05) is 6.92 Å². The Bertz CT molecular complexity index is 286. The van der Waals surface area contributed by atoms with Crippen LogP contribution >= 0.6 is 0 Å². The van der Waals surface area contributed by atoms with Crippen LogP contribution in [0.1, 0.15) is 26.2 Å². The Morgan fingerprint density at radius 1 is 1.42 bits per heavy atom. The summed E-state index contributed by atoms with van der Waals surface area (Å²) in [5.74, 6) is 0.317. The maximum absolute atomic E-state index is 11.5. The molecule has 1 aliphatic carbocycles. The van der Waals surface area contributed by atoms with Crippen LogP contribution in [0.3, 0.4) is 0 Å². The molecule has 0 aromatic heterocycles. The summed E-state index contributed by atoms with van der Waals surface area (Å²) in [6.07, 6.45) is 4.87. The van der Waals surface area contributed by atoms with Crippen LogP contribution in [0.25, 0.3) is 0 Å². The van der Waals surface area contributed by atoms with E-state index in [4.69, 9.17) is 0 Å². The molecule has 0 radical (unpaired) electrons. The van der Waals surface area contributed by atoms with E-state index in [9.17, 15) is 4.79 Å². The van der Waals surface area contributed by atoms with Gasteiger partial charge in [0.15, 0.2) is 5.78 Å². The monoisotopic (exact) mass is 163 g/mol. The Kier molecular flexibility index (Phi) is 1.75. The molecular weight excluding hydrogens is 150 g/mol. The van der Waals surface area contributed by atoms with Crippen molar-refractivity contribution in [1.82, 2.24) is 5.32 Å². The molecule has 1 aliphatic heterocycles. The van der Waals surface area contributed by atoms with Gasteiger partial charge in [0.1, 0.15) is 0 Å². The Hall–Kier alpha value is -1.05. The summed E-state index contributed by atoms with van der Waals surface area (Å²) >= 11 is 0. The first-order valence-corrected chi connectivity index (χ1v) is 4.46. The third-order valence-corrected chi connectivity index (χ3v) is 2.53. The highest BCUT2D eigenvalue weighted by Crippen LogP contribution is 2.27. The fourth-order valence-corrected chi connectivity index (χ4v) is 1.91. The standard InChI is InChI=1S/C10H13NO/c1-7-5-6-11-8-3-2-4-9(12)10(7)8/h5,11H,2-4,6H2,1H3. The van der Waals surface area contributed by atoms with Gasteiger partial charge in [0, 0.05) is 24.2 Å². The van der Waals surface area contributed by atoms with E-state index in [1.165, 1.54) is 5.70 Å². The van der Waals surface area contributed by atoms with E-state index in [1.54, 1.807) is 0 Å². The normalized spacial score (nSPS) is 23.1. The van der Waals surface area contributed by atoms with Crippen LogP contribution in [0.2, 0.25) is 0 Å². The van der Waals surface area contributed by atoms with Gasteiger partial charge in [-0.1, -0.05) is 6.08 Å². The number of rotatable bonds is 0. The largest absolute Gasteiger partial charge is 0.384 e. The fourth-order valence-electron chi connectivity index (χ4n) is 1.91. The molecule has 2 heteroatoms. The molecule has 0 unspecified atom stereocenters. The minimum atomic E-state index is 0.317. The van der Waals surface area contributed by atoms with Crippen molar-refractivity contribution in [2.24, 2.45) is 0 Å². The molecule has 0 aromatic rings. The average molecular weight is 163 g/mol. The van der Waals surface area contributed by atoms with Crippen molar-refractivity contribution in [3.8, 4) is 0 Å². The first-order chi connectivity index (χ1) is 5.79. The van der Waals surface area contributed by atoms with Gasteiger partial charge in [0.25, 0.3) is 0 Å². The third kappa shape index (κ3) is 1.07. The molecule has 2 rings (SSSR count). The first-order valence-electron chi connectivity index (χ1n) is 4.46. The van der Waals surface area contributed by atoms with Gasteiger partial charge >= 0.3 is 0 Å². The van der Waals surface area contributed by atoms with E-state index >= 15 is 0 Å². The summed E-state index contributed by atoms with van der Waals surface area (Å²) in [6, 6.07) is 0. The Morgan fingerprint density at radius 2 is 2.25 bits per heavy atom. The third-order valence-electron chi connectivity index (χ3n) is 2.53. The molecule has 2 nitrogen and oxygen atoms in total. The zero-order valence-corrected chi connectivity index (χ0v) is 7.31. The Labute approximate surface area is 72.3 Å². The van der Waals surface area contributed by atoms with E-state index in [-0.39, 0.29) is 0 Å². The number of hydrogen-bond donors (Lipinski definition) is 1. The van der Waals surface area contributed by atoms with E-state index < -0.39 is 0 Å². The van der Waals surface area contributed by atoms with Crippen molar-refractivity contribution in [2.75, 3.05) is 6.54 Å². The molecule has 1 N–H and O–H groups in total. The molecule has 1 heterocycles. The van der Waals surface area contributed by atoms with E-state index in [0.717, 1.165) is 37.0 Å². The van der Waals surface area contributed by atoms with Crippen LogP contribution in [-0.2, 0) is 4.79 Å². The number of ketones is 1. The van der Waals surface area contributed by atoms with Gasteiger partial charge in [-0.15, -0.1) is 0 Å². The molecule has 0 atom stereocenters. The van der Waals surface area contributed by atoms with E-state index in [0.29, 0.717) is 5.78 Å². The maximum Gasteiger partial charge on any atom is 0.164 e. The van der Waals surface area contributed by atoms with Gasteiger partial charge in [-0.05, 0) is 25.3 Å². The average Bonchev–Trinajstić information content (AvgIpc) is 2.04. The van der Waals surface area contributed by atoms with Crippen molar-refractivity contribution < 1.29 is 4.79 Å².